The molecule has 0 unspecified atom stereocenters. The first kappa shape index (κ1) is 16.7. The number of hydrogen-bond donors (Lipinski definition) is 2. The molecule has 0 aliphatic rings. The monoisotopic (exact) mass is 363 g/mol. The van der Waals surface area contributed by atoms with Gasteiger partial charge in [-0.05, 0) is 23.8 Å². The minimum absolute atomic E-state index is 0.198. The van der Waals surface area contributed by atoms with E-state index in [1.807, 2.05) is 0 Å². The van der Waals surface area contributed by atoms with Crippen LogP contribution in [0.4, 0.5) is 3.89 Å². The van der Waals surface area contributed by atoms with Crippen LogP contribution in [-0.4, -0.2) is 24.5 Å². The molecule has 0 radical (unpaired) electrons. The van der Waals surface area contributed by atoms with Crippen molar-refractivity contribution in [1.29, 1.82) is 0 Å². The average Bonchev–Trinajstić information content (AvgIpc) is 2.54. The maximum absolute atomic E-state index is 12.5. The molecule has 0 fully saturated rings. The zero-order valence-corrected chi connectivity index (χ0v) is 13.2. The van der Waals surface area contributed by atoms with Gasteiger partial charge in [0.2, 0.25) is 5.43 Å². The van der Waals surface area contributed by atoms with Gasteiger partial charge in [-0.25, -0.2) is 4.79 Å². The topological polar surface area (TPSA) is 114 Å². The van der Waals surface area contributed by atoms with Gasteiger partial charge in [-0.3, -0.25) is 4.79 Å². The van der Waals surface area contributed by atoms with Crippen molar-refractivity contribution >= 4 is 27.4 Å². The Bertz CT molecular complexity index is 1140. The summed E-state index contributed by atoms with van der Waals surface area (Å²) in [5, 5.41) is 9.22. The number of aromatic carboxylic acids is 1. The Morgan fingerprint density at radius 2 is 1.80 bits per heavy atom. The number of hydrogen-bond acceptors (Lipinski definition) is 5. The lowest BCUT2D eigenvalue weighted by molar-refractivity contribution is 0.0695. The van der Waals surface area contributed by atoms with Crippen molar-refractivity contribution in [2.24, 2.45) is 0 Å². The number of H-pyrrole nitrogens is 1. The van der Waals surface area contributed by atoms with E-state index in [-0.39, 0.29) is 16.7 Å². The smallest absolute Gasteiger partial charge is 0.477 e. The fourth-order valence-electron chi connectivity index (χ4n) is 2.46. The second kappa shape index (κ2) is 6.02. The first-order chi connectivity index (χ1) is 11.8. The van der Waals surface area contributed by atoms with E-state index in [0.29, 0.717) is 16.6 Å². The van der Waals surface area contributed by atoms with Gasteiger partial charge in [0.05, 0.1) is 5.52 Å². The molecular weight excluding hydrogens is 353 g/mol. The Hall–Kier alpha value is -3.20. The van der Waals surface area contributed by atoms with Crippen molar-refractivity contribution in [2.75, 3.05) is 0 Å². The second-order valence-electron chi connectivity index (χ2n) is 5.07. The largest absolute Gasteiger partial charge is 0.488 e. The molecule has 9 heteroatoms. The van der Waals surface area contributed by atoms with E-state index >= 15 is 0 Å². The normalized spacial score (nSPS) is 11.4. The molecule has 1 heterocycles. The average molecular weight is 363 g/mol. The molecule has 3 aromatic rings. The van der Waals surface area contributed by atoms with Crippen LogP contribution in [0.25, 0.3) is 22.0 Å². The molecule has 2 aromatic carbocycles. The molecular formula is C16H10FNO6S. The van der Waals surface area contributed by atoms with Crippen molar-refractivity contribution < 1.29 is 26.4 Å². The highest BCUT2D eigenvalue weighted by molar-refractivity contribution is 7.81. The van der Waals surface area contributed by atoms with E-state index < -0.39 is 21.9 Å². The van der Waals surface area contributed by atoms with E-state index in [1.54, 1.807) is 12.1 Å². The Morgan fingerprint density at radius 3 is 2.40 bits per heavy atom. The fourth-order valence-corrected chi connectivity index (χ4v) is 2.80. The lowest BCUT2D eigenvalue weighted by atomic mass is 10.0. The number of halogens is 1. The third-order valence-corrected chi connectivity index (χ3v) is 3.90. The minimum atomic E-state index is -5.11. The third kappa shape index (κ3) is 3.36. The summed E-state index contributed by atoms with van der Waals surface area (Å²) < 4.78 is 37.6. The van der Waals surface area contributed by atoms with Gasteiger partial charge in [-0.2, -0.15) is 8.42 Å². The maximum Gasteiger partial charge on any atom is 0.488 e. The van der Waals surface area contributed by atoms with E-state index in [4.69, 9.17) is 5.11 Å². The number of carboxylic acids is 1. The second-order valence-corrected chi connectivity index (χ2v) is 6.02. The van der Waals surface area contributed by atoms with E-state index in [0.717, 1.165) is 6.20 Å². The summed E-state index contributed by atoms with van der Waals surface area (Å²) >= 11 is 0. The number of carbonyl (C=O) groups is 1. The summed E-state index contributed by atoms with van der Waals surface area (Å²) in [6.07, 6.45) is 1.11. The van der Waals surface area contributed by atoms with Gasteiger partial charge in [-0.15, -0.1) is 0 Å². The quantitative estimate of drug-likeness (QED) is 0.689. The first-order valence-corrected chi connectivity index (χ1v) is 8.19. The van der Waals surface area contributed by atoms with Gasteiger partial charge < -0.3 is 14.3 Å². The van der Waals surface area contributed by atoms with E-state index in [9.17, 15) is 21.9 Å². The summed E-state index contributed by atoms with van der Waals surface area (Å²) in [6, 6.07) is 10.3. The Morgan fingerprint density at radius 1 is 1.12 bits per heavy atom. The number of pyridine rings is 1. The highest BCUT2D eigenvalue weighted by atomic mass is 32.3. The molecule has 0 spiro atoms. The summed E-state index contributed by atoms with van der Waals surface area (Å²) in [4.78, 5) is 26.1. The van der Waals surface area contributed by atoms with Crippen LogP contribution in [0.15, 0.2) is 53.5 Å². The molecule has 0 bridgehead atoms. The van der Waals surface area contributed by atoms with Crippen molar-refractivity contribution in [3.8, 4) is 16.9 Å². The molecule has 2 N–H and O–H groups in total. The van der Waals surface area contributed by atoms with Crippen LogP contribution in [0, 0.1) is 0 Å². The molecule has 0 saturated carbocycles. The SMILES string of the molecule is O=C(O)c1c[nH]c2c(-c3ccc(OS(=O)(=O)F)cc3)cccc2c1=O. The highest BCUT2D eigenvalue weighted by Gasteiger charge is 2.14. The van der Waals surface area contributed by atoms with Crippen LogP contribution >= 0.6 is 0 Å². The number of carboxylic acid groups (broad SMARTS) is 1. The van der Waals surface area contributed by atoms with Gasteiger partial charge in [0.15, 0.2) is 0 Å². The molecule has 3 rings (SSSR count). The molecule has 25 heavy (non-hydrogen) atoms. The highest BCUT2D eigenvalue weighted by Crippen LogP contribution is 2.28. The molecule has 0 atom stereocenters. The van der Waals surface area contributed by atoms with Crippen LogP contribution in [0.2, 0.25) is 0 Å². The van der Waals surface area contributed by atoms with E-state index in [2.05, 4.69) is 9.17 Å². The van der Waals surface area contributed by atoms with Crippen LogP contribution < -0.4 is 9.61 Å². The van der Waals surface area contributed by atoms with Crippen LogP contribution in [0.1, 0.15) is 10.4 Å². The summed E-state index contributed by atoms with van der Waals surface area (Å²) in [6.45, 7) is 0. The number of nitrogens with one attached hydrogen (secondary N) is 1. The molecule has 0 aliphatic carbocycles. The molecule has 0 aliphatic heterocycles. The fraction of sp³-hybridized carbons (Fsp3) is 0. The Labute approximate surface area is 140 Å². The number of para-hydroxylation sites is 1. The van der Waals surface area contributed by atoms with Crippen LogP contribution in [0.3, 0.4) is 0 Å². The van der Waals surface area contributed by atoms with Gasteiger partial charge in [0.25, 0.3) is 0 Å². The number of rotatable bonds is 4. The number of aromatic nitrogens is 1. The van der Waals surface area contributed by atoms with Crippen LogP contribution in [0.5, 0.6) is 5.75 Å². The summed E-state index contributed by atoms with van der Waals surface area (Å²) in [5.41, 5.74) is 0.603. The van der Waals surface area contributed by atoms with Gasteiger partial charge in [-0.1, -0.05) is 28.2 Å². The van der Waals surface area contributed by atoms with Gasteiger partial charge in [0, 0.05) is 17.1 Å². The summed E-state index contributed by atoms with van der Waals surface area (Å²) in [5.74, 6) is -1.53. The molecule has 0 saturated heterocycles. The zero-order valence-electron chi connectivity index (χ0n) is 12.4. The predicted octanol–water partition coefficient (Wildman–Crippen LogP) is 2.49. The van der Waals surface area contributed by atoms with Gasteiger partial charge in [0.1, 0.15) is 11.3 Å². The van der Waals surface area contributed by atoms with Crippen molar-refractivity contribution in [3.05, 3.63) is 64.4 Å². The molecule has 1 aromatic heterocycles. The molecule has 128 valence electrons. The standard InChI is InChI=1S/C16H10FNO6S/c17-25(22,23)24-10-6-4-9(5-7-10)11-2-1-3-12-14(11)18-8-13(15(12)19)16(20)21/h1-8H,(H,18,19)(H,20,21). The zero-order chi connectivity index (χ0) is 18.2. The number of aromatic amines is 1. The van der Waals surface area contributed by atoms with Crippen molar-refractivity contribution in [2.45, 2.75) is 0 Å². The third-order valence-electron chi connectivity index (χ3n) is 3.51. The lowest BCUT2D eigenvalue weighted by Gasteiger charge is -2.08. The predicted molar refractivity (Wildman–Crippen MR) is 87.6 cm³/mol. The lowest BCUT2D eigenvalue weighted by Crippen LogP contribution is -2.15. The molecule has 0 amide bonds. The number of fused-ring (bicyclic) bond motifs is 1. The van der Waals surface area contributed by atoms with Crippen molar-refractivity contribution in [3.63, 3.8) is 0 Å². The van der Waals surface area contributed by atoms with E-state index in [1.165, 1.54) is 30.3 Å². The molecule has 7 nitrogen and oxygen atoms in total. The Kier molecular flexibility index (Phi) is 4.01. The maximum atomic E-state index is 12.5. The van der Waals surface area contributed by atoms with Crippen molar-refractivity contribution in [1.82, 2.24) is 4.98 Å². The summed E-state index contributed by atoms with van der Waals surface area (Å²) in [7, 11) is -5.11. The number of benzene rings is 2. The minimum Gasteiger partial charge on any atom is -0.477 e. The van der Waals surface area contributed by atoms with Gasteiger partial charge >= 0.3 is 16.5 Å². The van der Waals surface area contributed by atoms with Crippen LogP contribution in [-0.2, 0) is 10.5 Å². The first-order valence-electron chi connectivity index (χ1n) is 6.88. The Balaban J connectivity index is 2.12.